The van der Waals surface area contributed by atoms with Crippen LogP contribution in [-0.4, -0.2) is 21.8 Å². The van der Waals surface area contributed by atoms with E-state index in [4.69, 9.17) is 0 Å². The van der Waals surface area contributed by atoms with E-state index < -0.39 is 12.0 Å². The molecule has 1 heterocycles. The van der Waals surface area contributed by atoms with E-state index in [0.29, 0.717) is 11.6 Å². The zero-order valence-electron chi connectivity index (χ0n) is 13.6. The van der Waals surface area contributed by atoms with Crippen LogP contribution >= 0.6 is 12.6 Å². The first-order chi connectivity index (χ1) is 11.2. The summed E-state index contributed by atoms with van der Waals surface area (Å²) >= 11 is 4.52. The van der Waals surface area contributed by atoms with E-state index in [9.17, 15) is 13.2 Å². The Labute approximate surface area is 143 Å². The number of nitrogens with zero attached hydrogens (tertiary/aromatic N) is 3. The third-order valence-corrected chi connectivity index (χ3v) is 4.51. The highest BCUT2D eigenvalue weighted by Crippen LogP contribution is 2.45. The molecule has 0 saturated heterocycles. The molecule has 0 spiro atoms. The van der Waals surface area contributed by atoms with Crippen LogP contribution in [0, 0.1) is 0 Å². The van der Waals surface area contributed by atoms with Crippen molar-refractivity contribution in [3.63, 3.8) is 0 Å². The average Bonchev–Trinajstić information content (AvgIpc) is 3.23. The van der Waals surface area contributed by atoms with Crippen molar-refractivity contribution in [3.05, 3.63) is 29.1 Å². The number of nitrogens with one attached hydrogen (secondary N) is 1. The van der Waals surface area contributed by atoms with Crippen molar-refractivity contribution in [1.29, 1.82) is 0 Å². The fourth-order valence-electron chi connectivity index (χ4n) is 2.74. The lowest BCUT2D eigenvalue weighted by Crippen LogP contribution is -2.10. The number of rotatable bonds is 4. The fourth-order valence-corrected chi connectivity index (χ4v) is 3.19. The zero-order chi connectivity index (χ0) is 17.6. The largest absolute Gasteiger partial charge is 0.453 e. The summed E-state index contributed by atoms with van der Waals surface area (Å²) in [4.78, 5) is 4.32. The van der Waals surface area contributed by atoms with Gasteiger partial charge in [0.1, 0.15) is 0 Å². The first kappa shape index (κ1) is 17.1. The molecule has 130 valence electrons. The van der Waals surface area contributed by atoms with Crippen LogP contribution in [0.2, 0.25) is 0 Å². The quantitative estimate of drug-likeness (QED) is 0.786. The standard InChI is InChI=1S/C16H19F3N4S/c1-8(2)10-6-11(9-4-5-9)12(7-13(10)24)23-15(20-3)21-14(22-23)16(17,18)19/h6-9,24H,4-5H2,1-3H3,(H,20,21,22). The number of alkyl halides is 3. The molecule has 0 atom stereocenters. The van der Waals surface area contributed by atoms with E-state index in [1.807, 2.05) is 6.07 Å². The van der Waals surface area contributed by atoms with E-state index in [1.165, 1.54) is 11.7 Å². The summed E-state index contributed by atoms with van der Waals surface area (Å²) in [5.41, 5.74) is 2.71. The molecule has 2 aromatic rings. The third kappa shape index (κ3) is 3.11. The SMILES string of the molecule is CNc1nc(C(F)(F)F)nn1-c1cc(S)c(C(C)C)cc1C1CC1. The number of hydrogen-bond acceptors (Lipinski definition) is 4. The van der Waals surface area contributed by atoms with Gasteiger partial charge in [-0.25, -0.2) is 0 Å². The molecule has 0 bridgehead atoms. The molecule has 0 amide bonds. The second-order valence-electron chi connectivity index (χ2n) is 6.32. The molecule has 1 aliphatic rings. The maximum Gasteiger partial charge on any atom is 0.453 e. The van der Waals surface area contributed by atoms with Gasteiger partial charge in [-0.1, -0.05) is 19.9 Å². The molecular weight excluding hydrogens is 337 g/mol. The van der Waals surface area contributed by atoms with Gasteiger partial charge >= 0.3 is 6.18 Å². The molecule has 4 nitrogen and oxygen atoms in total. The lowest BCUT2D eigenvalue weighted by Gasteiger charge is -2.17. The molecule has 0 radical (unpaired) electrons. The zero-order valence-corrected chi connectivity index (χ0v) is 14.5. The molecule has 0 aliphatic heterocycles. The Morgan fingerprint density at radius 1 is 1.29 bits per heavy atom. The van der Waals surface area contributed by atoms with Crippen LogP contribution in [0.5, 0.6) is 0 Å². The Balaban J connectivity index is 2.19. The van der Waals surface area contributed by atoms with Gasteiger partial charge in [0.25, 0.3) is 5.82 Å². The van der Waals surface area contributed by atoms with Gasteiger partial charge in [-0.15, -0.1) is 17.7 Å². The Kier molecular flexibility index (Phi) is 4.27. The van der Waals surface area contributed by atoms with Crippen molar-refractivity contribution in [2.24, 2.45) is 0 Å². The van der Waals surface area contributed by atoms with Crippen LogP contribution in [0.25, 0.3) is 5.69 Å². The number of thiol groups is 1. The van der Waals surface area contributed by atoms with Crippen molar-refractivity contribution in [1.82, 2.24) is 14.8 Å². The molecule has 1 aromatic heterocycles. The predicted octanol–water partition coefficient (Wildman–Crippen LogP) is 4.62. The normalized spacial score (nSPS) is 15.2. The van der Waals surface area contributed by atoms with Gasteiger partial charge in [-0.2, -0.15) is 22.8 Å². The van der Waals surface area contributed by atoms with Crippen molar-refractivity contribution in [2.45, 2.75) is 49.6 Å². The first-order valence-electron chi connectivity index (χ1n) is 7.81. The maximum atomic E-state index is 13.0. The molecule has 24 heavy (non-hydrogen) atoms. The maximum absolute atomic E-state index is 13.0. The average molecular weight is 356 g/mol. The van der Waals surface area contributed by atoms with Gasteiger partial charge in [-0.3, -0.25) is 0 Å². The molecule has 0 unspecified atom stereocenters. The summed E-state index contributed by atoms with van der Waals surface area (Å²) in [5, 5.41) is 6.39. The van der Waals surface area contributed by atoms with E-state index in [2.05, 4.69) is 41.9 Å². The van der Waals surface area contributed by atoms with Crippen LogP contribution < -0.4 is 5.32 Å². The summed E-state index contributed by atoms with van der Waals surface area (Å²) in [7, 11) is 1.53. The highest BCUT2D eigenvalue weighted by Gasteiger charge is 2.38. The topological polar surface area (TPSA) is 42.7 Å². The lowest BCUT2D eigenvalue weighted by atomic mass is 9.97. The van der Waals surface area contributed by atoms with Gasteiger partial charge in [0.2, 0.25) is 5.95 Å². The Bertz CT molecular complexity index is 763. The van der Waals surface area contributed by atoms with Gasteiger partial charge in [0.05, 0.1) is 5.69 Å². The minimum absolute atomic E-state index is 0.0641. The molecule has 3 rings (SSSR count). The molecule has 8 heteroatoms. The number of benzene rings is 1. The van der Waals surface area contributed by atoms with E-state index in [1.54, 1.807) is 6.07 Å². The van der Waals surface area contributed by atoms with Crippen molar-refractivity contribution in [2.75, 3.05) is 12.4 Å². The fraction of sp³-hybridized carbons (Fsp3) is 0.500. The predicted molar refractivity (Wildman–Crippen MR) is 89.2 cm³/mol. The second-order valence-corrected chi connectivity index (χ2v) is 6.80. The highest BCUT2D eigenvalue weighted by atomic mass is 32.1. The van der Waals surface area contributed by atoms with Crippen LogP contribution in [-0.2, 0) is 6.18 Å². The molecule has 1 fully saturated rings. The van der Waals surface area contributed by atoms with Gasteiger partial charge in [0.15, 0.2) is 0 Å². The Hall–Kier alpha value is -1.70. The summed E-state index contributed by atoms with van der Waals surface area (Å²) in [6, 6.07) is 3.84. The summed E-state index contributed by atoms with van der Waals surface area (Å²) in [6.07, 6.45) is -2.52. The minimum Gasteiger partial charge on any atom is -0.357 e. The van der Waals surface area contributed by atoms with Crippen LogP contribution in [0.3, 0.4) is 0 Å². The number of hydrogen-bond donors (Lipinski definition) is 2. The molecule has 1 N–H and O–H groups in total. The second kappa shape index (κ2) is 5.98. The number of halogens is 3. The lowest BCUT2D eigenvalue weighted by molar-refractivity contribution is -0.144. The van der Waals surface area contributed by atoms with Crippen LogP contribution in [0.1, 0.15) is 55.5 Å². The Morgan fingerprint density at radius 3 is 2.46 bits per heavy atom. The Morgan fingerprint density at radius 2 is 1.96 bits per heavy atom. The molecule has 1 aliphatic carbocycles. The van der Waals surface area contributed by atoms with Gasteiger partial charge in [-0.05, 0) is 41.9 Å². The van der Waals surface area contributed by atoms with E-state index in [0.717, 1.165) is 28.9 Å². The third-order valence-electron chi connectivity index (χ3n) is 4.13. The summed E-state index contributed by atoms with van der Waals surface area (Å²) in [6.45, 7) is 4.14. The molecular formula is C16H19F3N4S. The van der Waals surface area contributed by atoms with E-state index >= 15 is 0 Å². The van der Waals surface area contributed by atoms with Crippen molar-refractivity contribution < 1.29 is 13.2 Å². The summed E-state index contributed by atoms with van der Waals surface area (Å²) in [5.74, 6) is -0.444. The first-order valence-corrected chi connectivity index (χ1v) is 8.26. The summed E-state index contributed by atoms with van der Waals surface area (Å²) < 4.78 is 40.2. The number of aromatic nitrogens is 3. The van der Waals surface area contributed by atoms with Crippen molar-refractivity contribution in [3.8, 4) is 5.69 Å². The monoisotopic (exact) mass is 356 g/mol. The highest BCUT2D eigenvalue weighted by molar-refractivity contribution is 7.80. The number of anilines is 1. The van der Waals surface area contributed by atoms with E-state index in [-0.39, 0.29) is 11.9 Å². The van der Waals surface area contributed by atoms with Crippen LogP contribution in [0.4, 0.5) is 19.1 Å². The molecule has 1 aromatic carbocycles. The molecule has 1 saturated carbocycles. The minimum atomic E-state index is -4.59. The van der Waals surface area contributed by atoms with Gasteiger partial charge in [0, 0.05) is 11.9 Å². The van der Waals surface area contributed by atoms with Gasteiger partial charge < -0.3 is 5.32 Å². The smallest absolute Gasteiger partial charge is 0.357 e. The van der Waals surface area contributed by atoms with Crippen LogP contribution in [0.15, 0.2) is 17.0 Å². The van der Waals surface area contributed by atoms with Crippen molar-refractivity contribution >= 4 is 18.6 Å².